The van der Waals surface area contributed by atoms with Crippen molar-refractivity contribution in [2.45, 2.75) is 52.0 Å². The minimum absolute atomic E-state index is 0.0226. The summed E-state index contributed by atoms with van der Waals surface area (Å²) in [7, 11) is 0. The molecule has 0 saturated carbocycles. The van der Waals surface area contributed by atoms with Crippen LogP contribution in [0.5, 0.6) is 0 Å². The van der Waals surface area contributed by atoms with E-state index >= 15 is 0 Å². The molecule has 1 atom stereocenters. The Morgan fingerprint density at radius 3 is 2.79 bits per heavy atom. The molecule has 1 N–H and O–H groups in total. The van der Waals surface area contributed by atoms with Crippen molar-refractivity contribution in [1.29, 1.82) is 0 Å². The number of nitrogens with one attached hydrogen (secondary N) is 1. The summed E-state index contributed by atoms with van der Waals surface area (Å²) in [6.07, 6.45) is 0.276. The van der Waals surface area contributed by atoms with Crippen molar-refractivity contribution in [2.75, 3.05) is 25.4 Å². The first-order valence-corrected chi connectivity index (χ1v) is 12.7. The topological polar surface area (TPSA) is 72.3 Å². The summed E-state index contributed by atoms with van der Waals surface area (Å²) < 4.78 is 7.66. The molecule has 1 amide bonds. The van der Waals surface area contributed by atoms with Crippen molar-refractivity contribution >= 4 is 17.7 Å². The van der Waals surface area contributed by atoms with Crippen molar-refractivity contribution in [3.8, 4) is 5.69 Å². The average molecular weight is 480 g/mol. The van der Waals surface area contributed by atoms with Crippen LogP contribution >= 0.6 is 11.8 Å². The van der Waals surface area contributed by atoms with Crippen LogP contribution in [0.4, 0.5) is 0 Å². The fourth-order valence-corrected chi connectivity index (χ4v) is 5.01. The van der Waals surface area contributed by atoms with Crippen LogP contribution in [0, 0.1) is 20.8 Å². The Kier molecular flexibility index (Phi) is 8.03. The molecule has 0 radical (unpaired) electrons. The van der Waals surface area contributed by atoms with Gasteiger partial charge in [-0.3, -0.25) is 14.3 Å². The number of nitrogens with zero attached hydrogens (tertiary/aromatic N) is 4. The monoisotopic (exact) mass is 479 g/mol. The Morgan fingerprint density at radius 1 is 1.15 bits per heavy atom. The second-order valence-electron chi connectivity index (χ2n) is 8.96. The molecule has 3 aromatic rings. The smallest absolute Gasteiger partial charge is 0.230 e. The quantitative estimate of drug-likeness (QED) is 0.495. The minimum atomic E-state index is -0.0226. The van der Waals surface area contributed by atoms with Gasteiger partial charge in [-0.05, 0) is 56.0 Å². The normalized spacial score (nSPS) is 16.5. The fraction of sp³-hybridized carbons (Fsp3) is 0.423. The molecule has 0 aliphatic carbocycles. The van der Waals surface area contributed by atoms with E-state index in [0.29, 0.717) is 6.54 Å². The first-order chi connectivity index (χ1) is 16.4. The number of carbonyl (C=O) groups excluding carboxylic acids is 1. The predicted octanol–water partition coefficient (Wildman–Crippen LogP) is 3.82. The van der Waals surface area contributed by atoms with E-state index in [1.165, 1.54) is 22.9 Å². The first-order valence-electron chi connectivity index (χ1n) is 11.7. The van der Waals surface area contributed by atoms with Gasteiger partial charge in [-0.1, -0.05) is 48.2 Å². The van der Waals surface area contributed by atoms with Crippen LogP contribution in [0.2, 0.25) is 0 Å². The van der Waals surface area contributed by atoms with E-state index in [2.05, 4.69) is 83.6 Å². The minimum Gasteiger partial charge on any atom is -0.376 e. The van der Waals surface area contributed by atoms with E-state index in [-0.39, 0.29) is 17.8 Å². The van der Waals surface area contributed by atoms with Crippen LogP contribution in [-0.4, -0.2) is 57.1 Å². The van der Waals surface area contributed by atoms with Gasteiger partial charge in [0.1, 0.15) is 5.82 Å². The second kappa shape index (κ2) is 11.2. The van der Waals surface area contributed by atoms with Gasteiger partial charge >= 0.3 is 0 Å². The average Bonchev–Trinajstić information content (AvgIpc) is 3.18. The van der Waals surface area contributed by atoms with Crippen molar-refractivity contribution in [2.24, 2.45) is 0 Å². The van der Waals surface area contributed by atoms with Gasteiger partial charge in [-0.15, -0.1) is 10.2 Å². The molecule has 1 aliphatic rings. The first kappa shape index (κ1) is 24.4. The standard InChI is InChI=1S/C26H33N5O2S/c1-18-8-9-19(2)24(12-18)31-21(4)28-29-26(31)34-17-25(32)27-14-22-6-5-7-23(13-22)16-30-10-11-33-20(3)15-30/h5-9,12-13,20H,10-11,14-17H2,1-4H3,(H,27,32). The number of aromatic nitrogens is 3. The van der Waals surface area contributed by atoms with Gasteiger partial charge in [0.2, 0.25) is 5.91 Å². The van der Waals surface area contributed by atoms with Gasteiger partial charge in [0.05, 0.1) is 24.2 Å². The Labute approximate surface area is 205 Å². The Hall–Kier alpha value is -2.68. The molecule has 34 heavy (non-hydrogen) atoms. The Bertz CT molecular complexity index is 1150. The van der Waals surface area contributed by atoms with Crippen LogP contribution in [0.1, 0.15) is 35.0 Å². The van der Waals surface area contributed by atoms with Crippen LogP contribution < -0.4 is 5.32 Å². The fourth-order valence-electron chi connectivity index (χ4n) is 4.19. The van der Waals surface area contributed by atoms with E-state index < -0.39 is 0 Å². The lowest BCUT2D eigenvalue weighted by molar-refractivity contribution is -0.118. The number of aryl methyl sites for hydroxylation is 3. The number of ether oxygens (including phenoxy) is 1. The SMILES string of the molecule is Cc1ccc(C)c(-n2c(C)nnc2SCC(=O)NCc2cccc(CN3CCOC(C)C3)c2)c1. The number of carbonyl (C=O) groups is 1. The van der Waals surface area contributed by atoms with Gasteiger partial charge in [-0.25, -0.2) is 0 Å². The number of morpholine rings is 1. The van der Waals surface area contributed by atoms with E-state index in [1.807, 2.05) is 11.5 Å². The molecule has 1 aliphatic heterocycles. The molecule has 4 rings (SSSR count). The number of rotatable bonds is 8. The number of benzene rings is 2. The highest BCUT2D eigenvalue weighted by Crippen LogP contribution is 2.24. The molecule has 1 aromatic heterocycles. The molecule has 1 saturated heterocycles. The molecule has 2 aromatic carbocycles. The number of thioether (sulfide) groups is 1. The van der Waals surface area contributed by atoms with Crippen LogP contribution in [-0.2, 0) is 22.6 Å². The highest BCUT2D eigenvalue weighted by molar-refractivity contribution is 7.99. The van der Waals surface area contributed by atoms with Crippen molar-refractivity contribution < 1.29 is 9.53 Å². The zero-order valence-corrected chi connectivity index (χ0v) is 21.2. The highest BCUT2D eigenvalue weighted by atomic mass is 32.2. The number of amides is 1. The molecule has 1 fully saturated rings. The van der Waals surface area contributed by atoms with Crippen LogP contribution in [0.3, 0.4) is 0 Å². The maximum atomic E-state index is 12.6. The van der Waals surface area contributed by atoms with Crippen molar-refractivity contribution in [3.63, 3.8) is 0 Å². The molecule has 180 valence electrons. The molecule has 1 unspecified atom stereocenters. The molecule has 2 heterocycles. The largest absolute Gasteiger partial charge is 0.376 e. The van der Waals surface area contributed by atoms with Crippen LogP contribution in [0.15, 0.2) is 47.6 Å². The Morgan fingerprint density at radius 2 is 1.97 bits per heavy atom. The lowest BCUT2D eigenvalue weighted by Gasteiger charge is -2.31. The van der Waals surface area contributed by atoms with Crippen molar-refractivity contribution in [1.82, 2.24) is 25.0 Å². The lowest BCUT2D eigenvalue weighted by atomic mass is 10.1. The van der Waals surface area contributed by atoms with Gasteiger partial charge in [0.15, 0.2) is 5.16 Å². The maximum absolute atomic E-state index is 12.6. The summed E-state index contributed by atoms with van der Waals surface area (Å²) in [5.41, 5.74) is 5.73. The molecular weight excluding hydrogens is 446 g/mol. The van der Waals surface area contributed by atoms with Gasteiger partial charge < -0.3 is 10.1 Å². The van der Waals surface area contributed by atoms with Crippen LogP contribution in [0.25, 0.3) is 5.69 Å². The van der Waals surface area contributed by atoms with E-state index in [9.17, 15) is 4.79 Å². The zero-order valence-electron chi connectivity index (χ0n) is 20.4. The molecule has 8 heteroatoms. The van der Waals surface area contributed by atoms with E-state index in [1.54, 1.807) is 0 Å². The summed E-state index contributed by atoms with van der Waals surface area (Å²) in [6, 6.07) is 14.7. The lowest BCUT2D eigenvalue weighted by Crippen LogP contribution is -2.40. The third-order valence-corrected chi connectivity index (χ3v) is 6.87. The summed E-state index contributed by atoms with van der Waals surface area (Å²) in [4.78, 5) is 15.0. The maximum Gasteiger partial charge on any atom is 0.230 e. The van der Waals surface area contributed by atoms with E-state index in [4.69, 9.17) is 4.74 Å². The third-order valence-electron chi connectivity index (χ3n) is 5.95. The van der Waals surface area contributed by atoms with Gasteiger partial charge in [-0.2, -0.15) is 0 Å². The van der Waals surface area contributed by atoms with Gasteiger partial charge in [0, 0.05) is 26.2 Å². The number of hydrogen-bond acceptors (Lipinski definition) is 6. The summed E-state index contributed by atoms with van der Waals surface area (Å²) in [5, 5.41) is 12.3. The number of hydrogen-bond donors (Lipinski definition) is 1. The van der Waals surface area contributed by atoms with E-state index in [0.717, 1.165) is 54.0 Å². The van der Waals surface area contributed by atoms with Gasteiger partial charge in [0.25, 0.3) is 0 Å². The summed E-state index contributed by atoms with van der Waals surface area (Å²) in [6.45, 7) is 12.3. The predicted molar refractivity (Wildman–Crippen MR) is 135 cm³/mol. The van der Waals surface area contributed by atoms with Crippen molar-refractivity contribution in [3.05, 3.63) is 70.5 Å². The third kappa shape index (κ3) is 6.25. The molecule has 0 spiro atoms. The zero-order chi connectivity index (χ0) is 24.1. The summed E-state index contributed by atoms with van der Waals surface area (Å²) >= 11 is 1.41. The second-order valence-corrected chi connectivity index (χ2v) is 9.90. The Balaban J connectivity index is 1.32. The molecule has 7 nitrogen and oxygen atoms in total. The molecule has 0 bridgehead atoms. The highest BCUT2D eigenvalue weighted by Gasteiger charge is 2.17. The molecular formula is C26H33N5O2S. The summed E-state index contributed by atoms with van der Waals surface area (Å²) in [5.74, 6) is 1.07.